The third-order valence-electron chi connectivity index (χ3n) is 6.63. The number of fused-ring (bicyclic) bond motifs is 1. The van der Waals surface area contributed by atoms with Crippen LogP contribution in [0.2, 0.25) is 5.02 Å². The maximum Gasteiger partial charge on any atom is 0.313 e. The quantitative estimate of drug-likeness (QED) is 0.685. The molecule has 152 valence electrons. The van der Waals surface area contributed by atoms with E-state index in [0.717, 1.165) is 49.6 Å². The molecule has 0 aromatic heterocycles. The number of amides is 1. The molecule has 0 radical (unpaired) electrons. The van der Waals surface area contributed by atoms with Gasteiger partial charge >= 0.3 is 5.91 Å². The summed E-state index contributed by atoms with van der Waals surface area (Å²) in [6.45, 7) is 1.58. The van der Waals surface area contributed by atoms with Gasteiger partial charge in [0, 0.05) is 5.02 Å². The van der Waals surface area contributed by atoms with Crippen molar-refractivity contribution in [2.45, 2.75) is 31.6 Å². The van der Waals surface area contributed by atoms with Crippen molar-refractivity contribution in [2.75, 3.05) is 13.1 Å². The number of benzene rings is 3. The fourth-order valence-corrected chi connectivity index (χ4v) is 5.26. The van der Waals surface area contributed by atoms with Crippen molar-refractivity contribution in [2.24, 2.45) is 5.92 Å². The van der Waals surface area contributed by atoms with Crippen LogP contribution in [0, 0.1) is 5.92 Å². The molecule has 3 aromatic carbocycles. The summed E-state index contributed by atoms with van der Waals surface area (Å²) in [5.41, 5.74) is 2.49. The molecule has 1 amide bonds. The van der Waals surface area contributed by atoms with Crippen LogP contribution in [0.25, 0.3) is 10.8 Å². The van der Waals surface area contributed by atoms with Crippen LogP contribution in [0.15, 0.2) is 66.7 Å². The molecular weight excluding hydrogens is 392 g/mol. The van der Waals surface area contributed by atoms with Crippen LogP contribution in [-0.4, -0.2) is 29.7 Å². The van der Waals surface area contributed by atoms with Gasteiger partial charge in [-0.25, -0.2) is 4.79 Å². The molecule has 1 saturated carbocycles. The third kappa shape index (κ3) is 3.63. The van der Waals surface area contributed by atoms with Gasteiger partial charge in [0.05, 0.1) is 12.3 Å². The molecule has 0 spiro atoms. The molecule has 4 heteroatoms. The van der Waals surface area contributed by atoms with E-state index in [1.807, 2.05) is 17.0 Å². The lowest BCUT2D eigenvalue weighted by molar-refractivity contribution is -0.445. The Morgan fingerprint density at radius 3 is 2.67 bits per heavy atom. The van der Waals surface area contributed by atoms with Gasteiger partial charge in [-0.3, -0.25) is 4.99 Å². The van der Waals surface area contributed by atoms with Gasteiger partial charge in [0.1, 0.15) is 13.1 Å². The lowest BCUT2D eigenvalue weighted by Crippen LogP contribution is -2.71. The molecule has 0 saturated heterocycles. The number of nitrogens with one attached hydrogen (secondary N) is 1. The van der Waals surface area contributed by atoms with Gasteiger partial charge in [-0.2, -0.15) is 4.90 Å². The highest BCUT2D eigenvalue weighted by Crippen LogP contribution is 2.41. The second-order valence-corrected chi connectivity index (χ2v) is 8.81. The predicted octanol–water partition coefficient (Wildman–Crippen LogP) is 3.94. The summed E-state index contributed by atoms with van der Waals surface area (Å²) >= 11 is 6.07. The van der Waals surface area contributed by atoms with Gasteiger partial charge in [0.25, 0.3) is 5.84 Å². The van der Waals surface area contributed by atoms with E-state index in [1.165, 1.54) is 21.9 Å². The van der Waals surface area contributed by atoms with Gasteiger partial charge < -0.3 is 0 Å². The standard InChI is InChI=1S/C26H25ClN2O/c27-21-13-11-19(12-14-21)23-9-4-10-24(23)26(30)29-16-15-28-25(29)17-20-7-3-6-18-5-1-2-8-22(18)20/h1-3,5-8,11-14,23-24H,4,9-10,15-17H2/p+1/t23-,24-/m1/s1. The Morgan fingerprint density at radius 2 is 1.80 bits per heavy atom. The molecular formula is C26H26ClN2O+. The highest BCUT2D eigenvalue weighted by molar-refractivity contribution is 6.30. The van der Waals surface area contributed by atoms with Crippen LogP contribution < -0.4 is 4.99 Å². The molecule has 3 nitrogen and oxygen atoms in total. The molecule has 1 heterocycles. The summed E-state index contributed by atoms with van der Waals surface area (Å²) < 4.78 is 0. The van der Waals surface area contributed by atoms with Crippen LogP contribution >= 0.6 is 11.6 Å². The smallest absolute Gasteiger partial charge is 0.274 e. The summed E-state index contributed by atoms with van der Waals surface area (Å²) in [6, 6.07) is 22.9. The Kier molecular flexibility index (Phi) is 5.30. The van der Waals surface area contributed by atoms with Crippen molar-refractivity contribution < 1.29 is 9.79 Å². The highest BCUT2D eigenvalue weighted by Gasteiger charge is 2.42. The first kappa shape index (κ1) is 19.3. The largest absolute Gasteiger partial charge is 0.313 e. The molecule has 3 aromatic rings. The summed E-state index contributed by atoms with van der Waals surface area (Å²) in [5.74, 6) is 1.65. The average Bonchev–Trinajstić information content (AvgIpc) is 3.44. The number of hydrogen-bond acceptors (Lipinski definition) is 1. The average molecular weight is 418 g/mol. The van der Waals surface area contributed by atoms with E-state index in [9.17, 15) is 4.79 Å². The van der Waals surface area contributed by atoms with Crippen LogP contribution in [0.4, 0.5) is 0 Å². The minimum Gasteiger partial charge on any atom is -0.274 e. The molecule has 1 fully saturated rings. The Balaban J connectivity index is 1.37. The number of rotatable bonds is 4. The molecule has 1 aliphatic carbocycles. The molecule has 1 N–H and O–H groups in total. The van der Waals surface area contributed by atoms with Crippen molar-refractivity contribution in [1.29, 1.82) is 0 Å². The Bertz CT molecular complexity index is 1100. The van der Waals surface area contributed by atoms with Gasteiger partial charge in [0.2, 0.25) is 0 Å². The topological polar surface area (TPSA) is 34.3 Å². The monoisotopic (exact) mass is 417 g/mol. The van der Waals surface area contributed by atoms with Crippen LogP contribution in [0.5, 0.6) is 0 Å². The number of carbonyl (C=O) groups is 1. The van der Waals surface area contributed by atoms with Crippen molar-refractivity contribution in [3.63, 3.8) is 0 Å². The van der Waals surface area contributed by atoms with E-state index in [0.29, 0.717) is 0 Å². The first-order valence-electron chi connectivity index (χ1n) is 10.8. The first-order valence-corrected chi connectivity index (χ1v) is 11.2. The summed E-state index contributed by atoms with van der Waals surface area (Å²) in [4.78, 5) is 19.1. The van der Waals surface area contributed by atoms with E-state index in [2.05, 4.69) is 59.6 Å². The van der Waals surface area contributed by atoms with Crippen LogP contribution in [0.1, 0.15) is 36.3 Å². The zero-order valence-corrected chi connectivity index (χ0v) is 17.7. The predicted molar refractivity (Wildman–Crippen MR) is 122 cm³/mol. The Hall–Kier alpha value is -2.65. The highest BCUT2D eigenvalue weighted by atomic mass is 35.5. The number of nitrogens with zero attached hydrogens (tertiary/aromatic N) is 1. The van der Waals surface area contributed by atoms with Crippen molar-refractivity contribution in [3.8, 4) is 0 Å². The molecule has 2 aliphatic rings. The fourth-order valence-electron chi connectivity index (χ4n) is 5.14. The van der Waals surface area contributed by atoms with Gasteiger partial charge in [-0.05, 0) is 52.8 Å². The number of hydrogen-bond donors (Lipinski definition) is 1. The molecule has 2 atom stereocenters. The second-order valence-electron chi connectivity index (χ2n) is 8.37. The van der Waals surface area contributed by atoms with Gasteiger partial charge in [0.15, 0.2) is 0 Å². The Labute approximate surface area is 182 Å². The van der Waals surface area contributed by atoms with E-state index in [1.54, 1.807) is 0 Å². The lowest BCUT2D eigenvalue weighted by atomic mass is 9.88. The first-order chi connectivity index (χ1) is 14.7. The fraction of sp³-hybridized carbons (Fsp3) is 0.308. The second kappa shape index (κ2) is 8.23. The third-order valence-corrected chi connectivity index (χ3v) is 6.88. The van der Waals surface area contributed by atoms with Crippen LogP contribution in [0.3, 0.4) is 0 Å². The molecule has 1 aliphatic heterocycles. The Morgan fingerprint density at radius 1 is 1.00 bits per heavy atom. The SMILES string of the molecule is O=C([C@@H]1CCC[C@@H]1c1ccc(Cl)cc1)N1CC[NH+]=C1Cc1cccc2ccccc12. The minimum absolute atomic E-state index is 0.0496. The molecule has 5 rings (SSSR count). The maximum atomic E-state index is 13.6. The van der Waals surface area contributed by atoms with Gasteiger partial charge in [-0.1, -0.05) is 72.6 Å². The van der Waals surface area contributed by atoms with E-state index in [-0.39, 0.29) is 17.7 Å². The zero-order chi connectivity index (χ0) is 20.5. The molecule has 0 bridgehead atoms. The molecule has 0 unspecified atom stereocenters. The van der Waals surface area contributed by atoms with Crippen molar-refractivity contribution >= 4 is 34.1 Å². The van der Waals surface area contributed by atoms with Crippen molar-refractivity contribution in [3.05, 3.63) is 82.9 Å². The minimum atomic E-state index is 0.0496. The maximum absolute atomic E-state index is 13.6. The summed E-state index contributed by atoms with van der Waals surface area (Å²) in [6.07, 6.45) is 3.89. The molecule has 30 heavy (non-hydrogen) atoms. The number of halogens is 1. The van der Waals surface area contributed by atoms with E-state index < -0.39 is 0 Å². The lowest BCUT2D eigenvalue weighted by Gasteiger charge is -2.21. The van der Waals surface area contributed by atoms with Crippen LogP contribution in [-0.2, 0) is 11.2 Å². The van der Waals surface area contributed by atoms with E-state index in [4.69, 9.17) is 11.6 Å². The summed E-state index contributed by atoms with van der Waals surface area (Å²) in [7, 11) is 0. The van der Waals surface area contributed by atoms with Crippen molar-refractivity contribution in [1.82, 2.24) is 4.90 Å². The van der Waals surface area contributed by atoms with E-state index >= 15 is 0 Å². The zero-order valence-electron chi connectivity index (χ0n) is 17.0. The van der Waals surface area contributed by atoms with Gasteiger partial charge in [-0.15, -0.1) is 0 Å². The summed E-state index contributed by atoms with van der Waals surface area (Å²) in [5, 5.41) is 3.24. The normalized spacial score (nSPS) is 21.2. The number of amidine groups is 1. The number of carbonyl (C=O) groups excluding carboxylic acids is 1.